The van der Waals surface area contributed by atoms with Crippen molar-refractivity contribution in [3.8, 4) is 0 Å². The first-order chi connectivity index (χ1) is 10.2. The predicted molar refractivity (Wildman–Crippen MR) is 90.4 cm³/mol. The van der Waals surface area contributed by atoms with Gasteiger partial charge in [-0.25, -0.2) is 9.18 Å². The van der Waals surface area contributed by atoms with E-state index in [4.69, 9.17) is 5.11 Å². The van der Waals surface area contributed by atoms with E-state index in [-0.39, 0.29) is 0 Å². The van der Waals surface area contributed by atoms with E-state index < -0.39 is 11.5 Å². The van der Waals surface area contributed by atoms with Crippen LogP contribution in [0.4, 0.5) is 4.39 Å². The van der Waals surface area contributed by atoms with Gasteiger partial charge in [-0.05, 0) is 32.1 Å². The van der Waals surface area contributed by atoms with Crippen molar-refractivity contribution in [1.29, 1.82) is 0 Å². The minimum absolute atomic E-state index is 0.494. The lowest BCUT2D eigenvalue weighted by atomic mass is 10.2. The minimum Gasteiger partial charge on any atom is -0.478 e. The van der Waals surface area contributed by atoms with Crippen LogP contribution in [0.25, 0.3) is 0 Å². The SMILES string of the molecule is CCCCC/C=C\C/C=C\C/C=C\CCSC(F)C(=O)O. The number of carboxylic acid groups (broad SMARTS) is 1. The fourth-order valence-corrected chi connectivity index (χ4v) is 2.22. The molecule has 0 rings (SSSR count). The van der Waals surface area contributed by atoms with Gasteiger partial charge in [0.1, 0.15) is 0 Å². The van der Waals surface area contributed by atoms with Crippen LogP contribution in [0, 0.1) is 0 Å². The number of carboxylic acids is 1. The molecule has 0 aliphatic rings. The molecule has 0 aromatic carbocycles. The van der Waals surface area contributed by atoms with Crippen LogP contribution in [0.3, 0.4) is 0 Å². The zero-order valence-electron chi connectivity index (χ0n) is 12.8. The highest BCUT2D eigenvalue weighted by atomic mass is 32.2. The summed E-state index contributed by atoms with van der Waals surface area (Å²) in [6, 6.07) is 0. The maximum atomic E-state index is 12.7. The molecule has 1 atom stereocenters. The quantitative estimate of drug-likeness (QED) is 0.359. The predicted octanol–water partition coefficient (Wildman–Crippen LogP) is 5.52. The number of halogens is 1. The van der Waals surface area contributed by atoms with Gasteiger partial charge in [0.15, 0.2) is 0 Å². The number of carbonyl (C=O) groups is 1. The summed E-state index contributed by atoms with van der Waals surface area (Å²) in [4.78, 5) is 10.2. The highest BCUT2D eigenvalue weighted by molar-refractivity contribution is 8.00. The van der Waals surface area contributed by atoms with Gasteiger partial charge in [-0.15, -0.1) is 11.8 Å². The van der Waals surface area contributed by atoms with E-state index in [0.29, 0.717) is 12.2 Å². The van der Waals surface area contributed by atoms with Crippen molar-refractivity contribution in [2.75, 3.05) is 5.75 Å². The van der Waals surface area contributed by atoms with E-state index >= 15 is 0 Å². The Morgan fingerprint density at radius 2 is 1.62 bits per heavy atom. The van der Waals surface area contributed by atoms with Gasteiger partial charge in [0.25, 0.3) is 0 Å². The fourth-order valence-electron chi connectivity index (χ4n) is 1.60. The second kappa shape index (κ2) is 15.4. The zero-order valence-corrected chi connectivity index (χ0v) is 13.7. The lowest BCUT2D eigenvalue weighted by molar-refractivity contribution is -0.139. The third-order valence-electron chi connectivity index (χ3n) is 2.76. The van der Waals surface area contributed by atoms with Gasteiger partial charge >= 0.3 is 5.97 Å². The Morgan fingerprint density at radius 1 is 1.05 bits per heavy atom. The highest BCUT2D eigenvalue weighted by Gasteiger charge is 2.14. The lowest BCUT2D eigenvalue weighted by Crippen LogP contribution is -2.10. The normalized spacial score (nSPS) is 13.6. The smallest absolute Gasteiger partial charge is 0.348 e. The number of unbranched alkanes of at least 4 members (excludes halogenated alkanes) is 3. The monoisotopic (exact) mass is 314 g/mol. The molecule has 0 amide bonds. The van der Waals surface area contributed by atoms with Crippen molar-refractivity contribution < 1.29 is 14.3 Å². The number of thioether (sulfide) groups is 1. The third-order valence-corrected chi connectivity index (χ3v) is 3.73. The van der Waals surface area contributed by atoms with Crippen LogP contribution in [0.1, 0.15) is 51.9 Å². The van der Waals surface area contributed by atoms with Crippen LogP contribution in [0.5, 0.6) is 0 Å². The average Bonchev–Trinajstić information content (AvgIpc) is 2.47. The first-order valence-corrected chi connectivity index (χ1v) is 8.66. The molecule has 0 aromatic rings. The number of rotatable bonds is 13. The van der Waals surface area contributed by atoms with Gasteiger partial charge in [-0.3, -0.25) is 0 Å². The van der Waals surface area contributed by atoms with Crippen LogP contribution in [0.15, 0.2) is 36.5 Å². The summed E-state index contributed by atoms with van der Waals surface area (Å²) in [6.45, 7) is 2.21. The van der Waals surface area contributed by atoms with Gasteiger partial charge in [-0.1, -0.05) is 56.2 Å². The highest BCUT2D eigenvalue weighted by Crippen LogP contribution is 2.13. The van der Waals surface area contributed by atoms with Crippen LogP contribution in [-0.4, -0.2) is 22.3 Å². The van der Waals surface area contributed by atoms with Gasteiger partial charge < -0.3 is 5.11 Å². The molecule has 1 N–H and O–H groups in total. The van der Waals surface area contributed by atoms with Crippen molar-refractivity contribution in [1.82, 2.24) is 0 Å². The molecule has 0 saturated carbocycles. The number of aliphatic carboxylic acids is 1. The number of allylic oxidation sites excluding steroid dienone is 6. The average molecular weight is 314 g/mol. The molecule has 2 nitrogen and oxygen atoms in total. The van der Waals surface area contributed by atoms with Gasteiger partial charge in [0, 0.05) is 5.75 Å². The Hall–Kier alpha value is -1.03. The molecule has 0 radical (unpaired) electrons. The Morgan fingerprint density at radius 3 is 2.19 bits per heavy atom. The third kappa shape index (κ3) is 15.2. The van der Waals surface area contributed by atoms with E-state index in [1.165, 1.54) is 25.7 Å². The lowest BCUT2D eigenvalue weighted by Gasteiger charge is -1.99. The number of alkyl halides is 1. The number of hydrogen-bond acceptors (Lipinski definition) is 2. The van der Waals surface area contributed by atoms with Gasteiger partial charge in [0.05, 0.1) is 0 Å². The molecule has 0 fully saturated rings. The maximum Gasteiger partial charge on any atom is 0.348 e. The van der Waals surface area contributed by atoms with Crippen molar-refractivity contribution in [3.05, 3.63) is 36.5 Å². The molecule has 120 valence electrons. The van der Waals surface area contributed by atoms with Crippen LogP contribution in [-0.2, 0) is 4.79 Å². The Bertz CT molecular complexity index is 338. The molecule has 0 heterocycles. The Labute approximate surface area is 132 Å². The van der Waals surface area contributed by atoms with E-state index in [9.17, 15) is 9.18 Å². The fraction of sp³-hybridized carbons (Fsp3) is 0.588. The summed E-state index contributed by atoms with van der Waals surface area (Å²) < 4.78 is 12.7. The molecule has 4 heteroatoms. The van der Waals surface area contributed by atoms with E-state index in [1.54, 1.807) is 0 Å². The summed E-state index contributed by atoms with van der Waals surface area (Å²) >= 11 is 0.823. The van der Waals surface area contributed by atoms with Crippen LogP contribution in [0.2, 0.25) is 0 Å². The zero-order chi connectivity index (χ0) is 15.8. The summed E-state index contributed by atoms with van der Waals surface area (Å²) in [5.74, 6) is -0.900. The van der Waals surface area contributed by atoms with Crippen LogP contribution < -0.4 is 0 Å². The number of hydrogen-bond donors (Lipinski definition) is 1. The van der Waals surface area contributed by atoms with Crippen molar-refractivity contribution >= 4 is 17.7 Å². The van der Waals surface area contributed by atoms with Crippen LogP contribution >= 0.6 is 11.8 Å². The van der Waals surface area contributed by atoms with Gasteiger partial charge in [-0.2, -0.15) is 0 Å². The summed E-state index contributed by atoms with van der Waals surface area (Å²) in [7, 11) is 0. The molecular weight excluding hydrogens is 287 g/mol. The molecule has 0 spiro atoms. The molecule has 1 unspecified atom stereocenters. The molecule has 0 aliphatic heterocycles. The minimum atomic E-state index is -1.80. The topological polar surface area (TPSA) is 37.3 Å². The standard InChI is InChI=1S/C17H27FO2S/c1-2-3-4-5-6-7-8-9-10-11-12-13-14-15-21-16(18)17(19)20/h6-7,9-10,12-13,16H,2-5,8,11,14-15H2,1H3,(H,19,20)/b7-6-,10-9-,13-12-. The maximum absolute atomic E-state index is 12.7. The van der Waals surface area contributed by atoms with E-state index in [1.807, 2.05) is 12.2 Å². The second-order valence-corrected chi connectivity index (χ2v) is 5.85. The largest absolute Gasteiger partial charge is 0.478 e. The Kier molecular flexibility index (Phi) is 14.6. The summed E-state index contributed by atoms with van der Waals surface area (Å²) in [5.41, 5.74) is -1.80. The molecule has 0 saturated heterocycles. The van der Waals surface area contributed by atoms with E-state index in [0.717, 1.165) is 24.6 Å². The van der Waals surface area contributed by atoms with E-state index in [2.05, 4.69) is 31.2 Å². The molecule has 0 bridgehead atoms. The summed E-state index contributed by atoms with van der Waals surface area (Å²) in [6.07, 6.45) is 20.2. The molecule has 0 aliphatic carbocycles. The Balaban J connectivity index is 3.42. The first kappa shape index (κ1) is 20.0. The first-order valence-electron chi connectivity index (χ1n) is 7.62. The summed E-state index contributed by atoms with van der Waals surface area (Å²) in [5, 5.41) is 8.36. The molecular formula is C17H27FO2S. The van der Waals surface area contributed by atoms with Crippen molar-refractivity contribution in [2.45, 2.75) is 57.4 Å². The van der Waals surface area contributed by atoms with Crippen molar-refractivity contribution in [3.63, 3.8) is 0 Å². The molecule has 21 heavy (non-hydrogen) atoms. The molecule has 0 aromatic heterocycles. The van der Waals surface area contributed by atoms with Crippen molar-refractivity contribution in [2.24, 2.45) is 0 Å². The van der Waals surface area contributed by atoms with Gasteiger partial charge in [0.2, 0.25) is 5.50 Å². The second-order valence-electron chi connectivity index (χ2n) is 4.70.